The first-order valence-electron chi connectivity index (χ1n) is 9.39. The van der Waals surface area contributed by atoms with Gasteiger partial charge < -0.3 is 15.2 Å². The van der Waals surface area contributed by atoms with Gasteiger partial charge in [-0.05, 0) is 30.7 Å². The highest BCUT2D eigenvalue weighted by atomic mass is 32.2. The highest BCUT2D eigenvalue weighted by Crippen LogP contribution is 2.23. The van der Waals surface area contributed by atoms with Crippen LogP contribution in [0.25, 0.3) is 0 Å². The van der Waals surface area contributed by atoms with Gasteiger partial charge in [0.25, 0.3) is 0 Å². The van der Waals surface area contributed by atoms with Crippen LogP contribution in [-0.4, -0.2) is 32.9 Å². The third-order valence-electron chi connectivity index (χ3n) is 4.41. The summed E-state index contributed by atoms with van der Waals surface area (Å²) in [5.74, 6) is -0.190. The largest absolute Gasteiger partial charge is 0.341 e. The van der Waals surface area contributed by atoms with E-state index in [0.717, 1.165) is 11.3 Å². The van der Waals surface area contributed by atoms with Crippen molar-refractivity contribution in [2.75, 3.05) is 16.8 Å². The molecule has 0 radical (unpaired) electrons. The summed E-state index contributed by atoms with van der Waals surface area (Å²) < 4.78 is 16.1. The Bertz CT molecular complexity index is 1040. The lowest BCUT2D eigenvalue weighted by Gasteiger charge is -2.19. The number of anilines is 1. The van der Waals surface area contributed by atoms with Gasteiger partial charge in [0.2, 0.25) is 11.8 Å². The normalized spacial score (nSPS) is 11.7. The molecule has 1 aromatic heterocycles. The second-order valence-electron chi connectivity index (χ2n) is 6.83. The van der Waals surface area contributed by atoms with E-state index in [2.05, 4.69) is 15.6 Å². The third-order valence-corrected chi connectivity index (χ3v) is 5.34. The molecular formula is C22H23FN4O2S. The van der Waals surface area contributed by atoms with Gasteiger partial charge in [0, 0.05) is 30.7 Å². The number of benzene rings is 2. The van der Waals surface area contributed by atoms with Gasteiger partial charge in [-0.25, -0.2) is 9.37 Å². The van der Waals surface area contributed by atoms with Crippen molar-refractivity contribution in [2.45, 2.75) is 13.0 Å². The van der Waals surface area contributed by atoms with Gasteiger partial charge in [-0.3, -0.25) is 9.59 Å². The van der Waals surface area contributed by atoms with E-state index in [1.54, 1.807) is 42.2 Å². The number of nitrogens with zero attached hydrogens (tertiary/aromatic N) is 2. The van der Waals surface area contributed by atoms with Gasteiger partial charge in [-0.2, -0.15) is 0 Å². The lowest BCUT2D eigenvalue weighted by atomic mass is 10.1. The fourth-order valence-corrected chi connectivity index (χ4v) is 3.63. The number of nitrogens with one attached hydrogen (secondary N) is 2. The van der Waals surface area contributed by atoms with Crippen LogP contribution in [0.1, 0.15) is 23.0 Å². The number of hydrogen-bond acceptors (Lipinski definition) is 4. The van der Waals surface area contributed by atoms with E-state index in [1.807, 2.05) is 31.2 Å². The molecule has 1 heterocycles. The van der Waals surface area contributed by atoms with Crippen LogP contribution in [0.3, 0.4) is 0 Å². The average Bonchev–Trinajstić information content (AvgIpc) is 3.12. The van der Waals surface area contributed by atoms with Crippen LogP contribution in [0, 0.1) is 12.7 Å². The van der Waals surface area contributed by atoms with Crippen molar-refractivity contribution >= 4 is 29.3 Å². The minimum atomic E-state index is -0.722. The quantitative estimate of drug-likeness (QED) is 0.579. The zero-order valence-corrected chi connectivity index (χ0v) is 17.6. The van der Waals surface area contributed by atoms with Crippen molar-refractivity contribution in [1.29, 1.82) is 0 Å². The van der Waals surface area contributed by atoms with E-state index in [4.69, 9.17) is 0 Å². The van der Waals surface area contributed by atoms with Crippen molar-refractivity contribution in [3.05, 3.63) is 83.7 Å². The van der Waals surface area contributed by atoms with Crippen molar-refractivity contribution in [3.8, 4) is 0 Å². The van der Waals surface area contributed by atoms with E-state index >= 15 is 0 Å². The molecule has 0 aliphatic rings. The van der Waals surface area contributed by atoms with Crippen LogP contribution in [0.2, 0.25) is 0 Å². The monoisotopic (exact) mass is 426 g/mol. The molecule has 1 atom stereocenters. The van der Waals surface area contributed by atoms with Crippen molar-refractivity contribution in [2.24, 2.45) is 7.05 Å². The summed E-state index contributed by atoms with van der Waals surface area (Å²) >= 11 is 1.19. The molecule has 2 amide bonds. The molecule has 0 saturated carbocycles. The Labute approximate surface area is 178 Å². The van der Waals surface area contributed by atoms with E-state index in [9.17, 15) is 14.0 Å². The van der Waals surface area contributed by atoms with Gasteiger partial charge in [0.15, 0.2) is 0 Å². The zero-order chi connectivity index (χ0) is 21.5. The van der Waals surface area contributed by atoms with E-state index in [-0.39, 0.29) is 23.3 Å². The van der Waals surface area contributed by atoms with Crippen LogP contribution in [0.4, 0.5) is 10.1 Å². The van der Waals surface area contributed by atoms with E-state index in [0.29, 0.717) is 11.4 Å². The number of hydrogen-bond donors (Lipinski definition) is 2. The molecule has 156 valence electrons. The van der Waals surface area contributed by atoms with Crippen LogP contribution >= 0.6 is 11.8 Å². The minimum Gasteiger partial charge on any atom is -0.341 e. The molecule has 0 aliphatic heterocycles. The molecular weight excluding hydrogens is 403 g/mol. The molecule has 3 rings (SSSR count). The maximum Gasteiger partial charge on any atom is 0.234 e. The fraction of sp³-hybridized carbons (Fsp3) is 0.227. The number of aromatic nitrogens is 2. The SMILES string of the molecule is Cc1cccc(NC(=O)CSCC(=O)NC(c2ccccc2F)c2nccn2C)c1. The highest BCUT2D eigenvalue weighted by Gasteiger charge is 2.23. The molecule has 0 aliphatic carbocycles. The summed E-state index contributed by atoms with van der Waals surface area (Å²) in [4.78, 5) is 28.9. The summed E-state index contributed by atoms with van der Waals surface area (Å²) in [6.45, 7) is 1.95. The number of imidazole rings is 1. The molecule has 1 unspecified atom stereocenters. The summed E-state index contributed by atoms with van der Waals surface area (Å²) in [6, 6.07) is 13.1. The number of rotatable bonds is 8. The average molecular weight is 427 g/mol. The lowest BCUT2D eigenvalue weighted by Crippen LogP contribution is -2.33. The van der Waals surface area contributed by atoms with Crippen LogP contribution in [0.15, 0.2) is 60.9 Å². The first-order chi connectivity index (χ1) is 14.4. The number of carbonyl (C=O) groups excluding carboxylic acids is 2. The van der Waals surface area contributed by atoms with Crippen LogP contribution in [-0.2, 0) is 16.6 Å². The smallest absolute Gasteiger partial charge is 0.234 e. The van der Waals surface area contributed by atoms with Gasteiger partial charge in [-0.15, -0.1) is 11.8 Å². The van der Waals surface area contributed by atoms with Gasteiger partial charge in [0.05, 0.1) is 11.5 Å². The standard InChI is InChI=1S/C22H23FN4O2S/c1-15-6-5-7-16(12-15)25-19(28)13-30-14-20(29)26-21(22-24-10-11-27(22)2)17-8-3-4-9-18(17)23/h3-12,21H,13-14H2,1-2H3,(H,25,28)(H,26,29). The van der Waals surface area contributed by atoms with Crippen molar-refractivity contribution < 1.29 is 14.0 Å². The summed E-state index contributed by atoms with van der Waals surface area (Å²) in [5.41, 5.74) is 2.11. The molecule has 30 heavy (non-hydrogen) atoms. The molecule has 0 saturated heterocycles. The predicted molar refractivity (Wildman–Crippen MR) is 117 cm³/mol. The van der Waals surface area contributed by atoms with E-state index in [1.165, 1.54) is 17.8 Å². The Hall–Kier alpha value is -3.13. The molecule has 0 spiro atoms. The number of thioether (sulfide) groups is 1. The zero-order valence-electron chi connectivity index (χ0n) is 16.8. The first kappa shape index (κ1) is 21.6. The topological polar surface area (TPSA) is 76.0 Å². The lowest BCUT2D eigenvalue weighted by molar-refractivity contribution is -0.119. The molecule has 2 N–H and O–H groups in total. The molecule has 0 fully saturated rings. The predicted octanol–water partition coefficient (Wildman–Crippen LogP) is 3.45. The first-order valence-corrected chi connectivity index (χ1v) is 10.5. The second-order valence-corrected chi connectivity index (χ2v) is 7.81. The molecule has 2 aromatic carbocycles. The number of aryl methyl sites for hydroxylation is 2. The Morgan fingerprint density at radius 3 is 2.60 bits per heavy atom. The third kappa shape index (κ3) is 5.70. The summed E-state index contributed by atoms with van der Waals surface area (Å²) in [7, 11) is 1.78. The number of halogens is 1. The van der Waals surface area contributed by atoms with Crippen LogP contribution < -0.4 is 10.6 Å². The Morgan fingerprint density at radius 2 is 1.90 bits per heavy atom. The van der Waals surface area contributed by atoms with Gasteiger partial charge in [-0.1, -0.05) is 30.3 Å². The van der Waals surface area contributed by atoms with Crippen molar-refractivity contribution in [3.63, 3.8) is 0 Å². The number of amides is 2. The Kier molecular flexibility index (Phi) is 7.24. The maximum atomic E-state index is 14.4. The van der Waals surface area contributed by atoms with Gasteiger partial charge >= 0.3 is 0 Å². The van der Waals surface area contributed by atoms with Gasteiger partial charge in [0.1, 0.15) is 17.7 Å². The van der Waals surface area contributed by atoms with Crippen molar-refractivity contribution in [1.82, 2.24) is 14.9 Å². The second kappa shape index (κ2) is 10.1. The maximum absolute atomic E-state index is 14.4. The van der Waals surface area contributed by atoms with E-state index < -0.39 is 11.9 Å². The molecule has 0 bridgehead atoms. The highest BCUT2D eigenvalue weighted by molar-refractivity contribution is 8.00. The molecule has 3 aromatic rings. The summed E-state index contributed by atoms with van der Waals surface area (Å²) in [5, 5.41) is 5.64. The van der Waals surface area contributed by atoms with Crippen LogP contribution in [0.5, 0.6) is 0 Å². The number of carbonyl (C=O) groups is 2. The fourth-order valence-electron chi connectivity index (χ4n) is 3.00. The molecule has 6 nitrogen and oxygen atoms in total. The Balaban J connectivity index is 1.58. The minimum absolute atomic E-state index is 0.0661. The molecule has 8 heteroatoms. The Morgan fingerprint density at radius 1 is 1.13 bits per heavy atom. The summed E-state index contributed by atoms with van der Waals surface area (Å²) in [6.07, 6.45) is 3.33.